The summed E-state index contributed by atoms with van der Waals surface area (Å²) in [6, 6.07) is 5.52. The van der Waals surface area contributed by atoms with Crippen molar-refractivity contribution in [1.29, 1.82) is 0 Å². The molecular weight excluding hydrogens is 448 g/mol. The van der Waals surface area contributed by atoms with Crippen LogP contribution in [0.1, 0.15) is 43.5 Å². The van der Waals surface area contributed by atoms with Crippen LogP contribution in [0.25, 0.3) is 0 Å². The predicted molar refractivity (Wildman–Crippen MR) is 131 cm³/mol. The van der Waals surface area contributed by atoms with Gasteiger partial charge in [-0.15, -0.1) is 0 Å². The lowest BCUT2D eigenvalue weighted by molar-refractivity contribution is -0.138. The maximum Gasteiger partial charge on any atom is 0.251 e. The molecule has 0 bridgehead atoms. The summed E-state index contributed by atoms with van der Waals surface area (Å²) in [6.45, 7) is 5.37. The highest BCUT2D eigenvalue weighted by molar-refractivity contribution is 6.01. The molecule has 0 radical (unpaired) electrons. The standard InChI is InChI=1S/C26H36N4O5/c1-16(2)13-20(27-24(32)17-5-7-19(8-6-17)28(3)4)26(34)29-11-9-21-23(29)22(31)14-30(21)25(33)18-10-12-35-15-18/h5-8,16,18,20-21,23H,9-15H2,1-4H3,(H,27,32). The van der Waals surface area contributed by atoms with E-state index in [1.807, 2.05) is 45.0 Å². The number of hydrogen-bond acceptors (Lipinski definition) is 6. The molecule has 3 aliphatic heterocycles. The van der Waals surface area contributed by atoms with E-state index >= 15 is 0 Å². The Bertz CT molecular complexity index is 970. The Morgan fingerprint density at radius 2 is 1.83 bits per heavy atom. The van der Waals surface area contributed by atoms with Crippen LogP contribution in [0.2, 0.25) is 0 Å². The van der Waals surface area contributed by atoms with Crippen molar-refractivity contribution in [2.24, 2.45) is 11.8 Å². The topological polar surface area (TPSA) is 99.3 Å². The molecule has 190 valence electrons. The Morgan fingerprint density at radius 1 is 1.11 bits per heavy atom. The van der Waals surface area contributed by atoms with Gasteiger partial charge in [-0.3, -0.25) is 19.2 Å². The monoisotopic (exact) mass is 484 g/mol. The summed E-state index contributed by atoms with van der Waals surface area (Å²) in [5.41, 5.74) is 1.45. The Hall–Kier alpha value is -2.94. The first-order valence-electron chi connectivity index (χ1n) is 12.5. The summed E-state index contributed by atoms with van der Waals surface area (Å²) in [5.74, 6) is -0.776. The first-order valence-corrected chi connectivity index (χ1v) is 12.5. The maximum absolute atomic E-state index is 13.6. The second kappa shape index (κ2) is 10.4. The molecule has 9 heteroatoms. The van der Waals surface area contributed by atoms with E-state index in [1.54, 1.807) is 21.9 Å². The van der Waals surface area contributed by atoms with Crippen molar-refractivity contribution in [1.82, 2.24) is 15.1 Å². The minimum Gasteiger partial charge on any atom is -0.381 e. The van der Waals surface area contributed by atoms with E-state index < -0.39 is 12.1 Å². The molecule has 4 unspecified atom stereocenters. The van der Waals surface area contributed by atoms with Crippen molar-refractivity contribution in [3.63, 3.8) is 0 Å². The number of amides is 3. The van der Waals surface area contributed by atoms with E-state index in [9.17, 15) is 19.2 Å². The first-order chi connectivity index (χ1) is 16.7. The fourth-order valence-corrected chi connectivity index (χ4v) is 5.37. The average molecular weight is 485 g/mol. The Balaban J connectivity index is 1.47. The van der Waals surface area contributed by atoms with Crippen LogP contribution in [0.3, 0.4) is 0 Å². The van der Waals surface area contributed by atoms with E-state index in [1.165, 1.54) is 0 Å². The lowest BCUT2D eigenvalue weighted by Gasteiger charge is -2.29. The van der Waals surface area contributed by atoms with Crippen LogP contribution in [-0.2, 0) is 19.1 Å². The molecule has 3 fully saturated rings. The molecule has 9 nitrogen and oxygen atoms in total. The van der Waals surface area contributed by atoms with Gasteiger partial charge in [0.15, 0.2) is 5.78 Å². The van der Waals surface area contributed by atoms with Crippen LogP contribution in [0.15, 0.2) is 24.3 Å². The lowest BCUT2D eigenvalue weighted by Crippen LogP contribution is -2.53. The molecular formula is C26H36N4O5. The van der Waals surface area contributed by atoms with E-state index in [2.05, 4.69) is 5.32 Å². The second-order valence-corrected chi connectivity index (χ2v) is 10.4. The molecule has 1 aromatic carbocycles. The summed E-state index contributed by atoms with van der Waals surface area (Å²) < 4.78 is 5.36. The summed E-state index contributed by atoms with van der Waals surface area (Å²) in [5, 5.41) is 2.91. The van der Waals surface area contributed by atoms with Crippen LogP contribution in [0.4, 0.5) is 5.69 Å². The first kappa shape index (κ1) is 25.2. The summed E-state index contributed by atoms with van der Waals surface area (Å²) in [6.07, 6.45) is 1.70. The summed E-state index contributed by atoms with van der Waals surface area (Å²) >= 11 is 0. The maximum atomic E-state index is 13.6. The fraction of sp³-hybridized carbons (Fsp3) is 0.615. The second-order valence-electron chi connectivity index (χ2n) is 10.4. The van der Waals surface area contributed by atoms with Crippen molar-refractivity contribution >= 4 is 29.2 Å². The third-order valence-electron chi connectivity index (χ3n) is 7.22. The molecule has 3 saturated heterocycles. The number of Topliss-reactive ketones (excluding diaryl/α,β-unsaturated/α-hetero) is 1. The fourth-order valence-electron chi connectivity index (χ4n) is 5.37. The van der Waals surface area contributed by atoms with E-state index in [4.69, 9.17) is 4.74 Å². The van der Waals surface area contributed by atoms with E-state index in [0.29, 0.717) is 44.6 Å². The number of anilines is 1. The molecule has 1 aromatic rings. The number of hydrogen-bond donors (Lipinski definition) is 1. The number of ketones is 1. The number of nitrogens with zero attached hydrogens (tertiary/aromatic N) is 3. The zero-order valence-electron chi connectivity index (χ0n) is 21.0. The molecule has 4 rings (SSSR count). The van der Waals surface area contributed by atoms with Crippen molar-refractivity contribution < 1.29 is 23.9 Å². The molecule has 1 N–H and O–H groups in total. The quantitative estimate of drug-likeness (QED) is 0.627. The summed E-state index contributed by atoms with van der Waals surface area (Å²) in [7, 11) is 3.85. The van der Waals surface area contributed by atoms with Crippen LogP contribution >= 0.6 is 0 Å². The van der Waals surface area contributed by atoms with Gasteiger partial charge in [-0.1, -0.05) is 13.8 Å². The molecule has 4 atom stereocenters. The molecule has 0 spiro atoms. The normalized spacial score (nSPS) is 24.6. The highest BCUT2D eigenvalue weighted by Gasteiger charge is 2.53. The van der Waals surface area contributed by atoms with Gasteiger partial charge in [0.05, 0.1) is 25.1 Å². The van der Waals surface area contributed by atoms with Gasteiger partial charge < -0.3 is 24.8 Å². The number of fused-ring (bicyclic) bond motifs is 1. The van der Waals surface area contributed by atoms with Crippen LogP contribution in [0, 0.1) is 11.8 Å². The SMILES string of the molecule is CC(C)CC(NC(=O)c1ccc(N(C)C)cc1)C(=O)N1CCC2C1C(=O)CN2C(=O)C1CCOC1. The largest absolute Gasteiger partial charge is 0.381 e. The molecule has 3 amide bonds. The van der Waals surface area contributed by atoms with Crippen molar-refractivity contribution in [2.45, 2.75) is 51.2 Å². The average Bonchev–Trinajstić information content (AvgIpc) is 3.56. The van der Waals surface area contributed by atoms with E-state index in [-0.39, 0.29) is 47.9 Å². The lowest BCUT2D eigenvalue weighted by atomic mass is 10.0. The highest BCUT2D eigenvalue weighted by atomic mass is 16.5. The molecule has 0 aromatic heterocycles. The predicted octanol–water partition coefficient (Wildman–Crippen LogP) is 1.31. The van der Waals surface area contributed by atoms with Crippen LogP contribution < -0.4 is 10.2 Å². The Kier molecular flexibility index (Phi) is 7.44. The van der Waals surface area contributed by atoms with Gasteiger partial charge in [-0.2, -0.15) is 0 Å². The van der Waals surface area contributed by atoms with Crippen molar-refractivity contribution in [3.8, 4) is 0 Å². The third-order valence-corrected chi connectivity index (χ3v) is 7.22. The number of nitrogens with one attached hydrogen (secondary N) is 1. The zero-order chi connectivity index (χ0) is 25.3. The molecule has 3 heterocycles. The molecule has 3 aliphatic rings. The van der Waals surface area contributed by atoms with Crippen molar-refractivity contribution in [3.05, 3.63) is 29.8 Å². The van der Waals surface area contributed by atoms with Crippen LogP contribution in [-0.4, -0.2) is 91.8 Å². The minimum atomic E-state index is -0.740. The van der Waals surface area contributed by atoms with Gasteiger partial charge >= 0.3 is 0 Å². The third kappa shape index (κ3) is 5.19. The molecule has 0 aliphatic carbocycles. The van der Waals surface area contributed by atoms with Crippen molar-refractivity contribution in [2.75, 3.05) is 45.3 Å². The van der Waals surface area contributed by atoms with Gasteiger partial charge in [0.25, 0.3) is 5.91 Å². The number of benzene rings is 1. The number of carbonyl (C=O) groups excluding carboxylic acids is 4. The van der Waals surface area contributed by atoms with Gasteiger partial charge in [0, 0.05) is 38.5 Å². The smallest absolute Gasteiger partial charge is 0.251 e. The number of likely N-dealkylation sites (tertiary alicyclic amines) is 2. The zero-order valence-corrected chi connectivity index (χ0v) is 21.0. The number of rotatable bonds is 7. The van der Waals surface area contributed by atoms with Gasteiger partial charge in [-0.05, 0) is 49.4 Å². The molecule has 0 saturated carbocycles. The van der Waals surface area contributed by atoms with Gasteiger partial charge in [0.2, 0.25) is 11.8 Å². The highest BCUT2D eigenvalue weighted by Crippen LogP contribution is 2.32. The summed E-state index contributed by atoms with van der Waals surface area (Å²) in [4.78, 5) is 57.8. The minimum absolute atomic E-state index is 0.0356. The van der Waals surface area contributed by atoms with Gasteiger partial charge in [-0.25, -0.2) is 0 Å². The Labute approximate surface area is 206 Å². The molecule has 35 heavy (non-hydrogen) atoms. The van der Waals surface area contributed by atoms with Gasteiger partial charge in [0.1, 0.15) is 12.1 Å². The number of carbonyl (C=O) groups is 4. The number of ether oxygens (including phenoxy) is 1. The van der Waals surface area contributed by atoms with Crippen LogP contribution in [0.5, 0.6) is 0 Å². The van der Waals surface area contributed by atoms with E-state index in [0.717, 1.165) is 5.69 Å². The Morgan fingerprint density at radius 3 is 2.43 bits per heavy atom.